The molecule has 0 saturated heterocycles. The number of nitrogens with zero attached hydrogens (tertiary/aromatic N) is 2. The molecule has 2 aliphatic carbocycles. The molecule has 0 aliphatic heterocycles. The molecule has 2 aliphatic rings. The molecule has 17 heavy (non-hydrogen) atoms. The molecule has 94 valence electrons. The van der Waals surface area contributed by atoms with Crippen LogP contribution >= 0.6 is 0 Å². The van der Waals surface area contributed by atoms with Gasteiger partial charge < -0.3 is 9.88 Å². The van der Waals surface area contributed by atoms with Gasteiger partial charge in [0.25, 0.3) is 0 Å². The van der Waals surface area contributed by atoms with Crippen molar-refractivity contribution in [3.8, 4) is 0 Å². The monoisotopic (exact) mass is 233 g/mol. The van der Waals surface area contributed by atoms with Crippen molar-refractivity contribution in [2.24, 2.45) is 24.8 Å². The van der Waals surface area contributed by atoms with Crippen LogP contribution in [-0.4, -0.2) is 16.1 Å². The average Bonchev–Trinajstić information content (AvgIpc) is 3.01. The molecule has 1 heterocycles. The van der Waals surface area contributed by atoms with Gasteiger partial charge in [-0.05, 0) is 43.6 Å². The summed E-state index contributed by atoms with van der Waals surface area (Å²) >= 11 is 0. The molecular weight excluding hydrogens is 210 g/mol. The quantitative estimate of drug-likeness (QED) is 0.866. The van der Waals surface area contributed by atoms with Gasteiger partial charge in [-0.3, -0.25) is 0 Å². The van der Waals surface area contributed by atoms with Crippen LogP contribution in [0.4, 0.5) is 0 Å². The maximum atomic E-state index is 4.28. The van der Waals surface area contributed by atoms with Crippen molar-refractivity contribution in [3.05, 3.63) is 18.2 Å². The van der Waals surface area contributed by atoms with E-state index in [-0.39, 0.29) is 0 Å². The summed E-state index contributed by atoms with van der Waals surface area (Å²) < 4.78 is 2.18. The van der Waals surface area contributed by atoms with Gasteiger partial charge in [0.1, 0.15) is 0 Å². The standard InChI is InChI=1S/C14H23N3/c1-3-16-14(13-8-15-9-17(13)2)12-7-10-4-5-11(12)6-10/h8-12,14,16H,3-7H2,1-2H3. The van der Waals surface area contributed by atoms with E-state index < -0.39 is 0 Å². The molecule has 0 radical (unpaired) electrons. The Labute approximate surface area is 104 Å². The van der Waals surface area contributed by atoms with Crippen molar-refractivity contribution >= 4 is 0 Å². The zero-order valence-corrected chi connectivity index (χ0v) is 10.9. The fourth-order valence-electron chi connectivity index (χ4n) is 4.06. The lowest BCUT2D eigenvalue weighted by atomic mass is 9.82. The number of hydrogen-bond acceptors (Lipinski definition) is 2. The highest BCUT2D eigenvalue weighted by atomic mass is 15.1. The summed E-state index contributed by atoms with van der Waals surface area (Å²) in [4.78, 5) is 4.28. The van der Waals surface area contributed by atoms with Crippen molar-refractivity contribution in [2.75, 3.05) is 6.54 Å². The smallest absolute Gasteiger partial charge is 0.0946 e. The predicted molar refractivity (Wildman–Crippen MR) is 68.6 cm³/mol. The Balaban J connectivity index is 1.83. The number of hydrogen-bond donors (Lipinski definition) is 1. The predicted octanol–water partition coefficient (Wildman–Crippen LogP) is 2.51. The topological polar surface area (TPSA) is 29.9 Å². The molecule has 3 rings (SSSR count). The van der Waals surface area contributed by atoms with Crippen molar-refractivity contribution in [1.29, 1.82) is 0 Å². The second kappa shape index (κ2) is 4.45. The van der Waals surface area contributed by atoms with Gasteiger partial charge in [0.05, 0.1) is 18.1 Å². The van der Waals surface area contributed by atoms with Crippen LogP contribution in [0.25, 0.3) is 0 Å². The van der Waals surface area contributed by atoms with Gasteiger partial charge in [-0.15, -0.1) is 0 Å². The Bertz CT molecular complexity index is 385. The van der Waals surface area contributed by atoms with Gasteiger partial charge in [0, 0.05) is 13.2 Å². The van der Waals surface area contributed by atoms with Crippen molar-refractivity contribution in [3.63, 3.8) is 0 Å². The van der Waals surface area contributed by atoms with Crippen LogP contribution in [0.15, 0.2) is 12.5 Å². The molecule has 4 atom stereocenters. The highest BCUT2D eigenvalue weighted by molar-refractivity contribution is 5.10. The van der Waals surface area contributed by atoms with E-state index in [4.69, 9.17) is 0 Å². The first-order valence-corrected chi connectivity index (χ1v) is 6.99. The Hall–Kier alpha value is -0.830. The molecule has 0 spiro atoms. The minimum atomic E-state index is 0.516. The summed E-state index contributed by atoms with van der Waals surface area (Å²) in [6, 6.07) is 0.516. The van der Waals surface area contributed by atoms with Gasteiger partial charge in [0.2, 0.25) is 0 Å². The largest absolute Gasteiger partial charge is 0.336 e. The summed E-state index contributed by atoms with van der Waals surface area (Å²) in [5.41, 5.74) is 1.37. The first-order chi connectivity index (χ1) is 8.29. The highest BCUT2D eigenvalue weighted by Gasteiger charge is 2.43. The normalized spacial score (nSPS) is 33.2. The van der Waals surface area contributed by atoms with Crippen molar-refractivity contribution in [2.45, 2.75) is 38.6 Å². The second-order valence-electron chi connectivity index (χ2n) is 5.80. The van der Waals surface area contributed by atoms with Crippen LogP contribution in [0.5, 0.6) is 0 Å². The fraction of sp³-hybridized carbons (Fsp3) is 0.786. The van der Waals surface area contributed by atoms with E-state index in [0.717, 1.165) is 24.3 Å². The molecule has 3 heteroatoms. The van der Waals surface area contributed by atoms with Gasteiger partial charge in [-0.2, -0.15) is 0 Å². The van der Waals surface area contributed by atoms with Gasteiger partial charge >= 0.3 is 0 Å². The first-order valence-electron chi connectivity index (χ1n) is 6.99. The number of rotatable bonds is 4. The van der Waals surface area contributed by atoms with E-state index in [1.54, 1.807) is 0 Å². The molecular formula is C14H23N3. The summed E-state index contributed by atoms with van der Waals surface area (Å²) in [5, 5.41) is 3.69. The lowest BCUT2D eigenvalue weighted by Gasteiger charge is -2.31. The van der Waals surface area contributed by atoms with Crippen LogP contribution in [-0.2, 0) is 7.05 Å². The van der Waals surface area contributed by atoms with Crippen LogP contribution in [0.3, 0.4) is 0 Å². The van der Waals surface area contributed by atoms with E-state index in [1.165, 1.54) is 31.4 Å². The van der Waals surface area contributed by atoms with Crippen molar-refractivity contribution in [1.82, 2.24) is 14.9 Å². The number of nitrogens with one attached hydrogen (secondary N) is 1. The van der Waals surface area contributed by atoms with Gasteiger partial charge in [0.15, 0.2) is 0 Å². The molecule has 1 aromatic heterocycles. The average molecular weight is 233 g/mol. The Morgan fingerprint density at radius 2 is 2.35 bits per heavy atom. The maximum absolute atomic E-state index is 4.28. The van der Waals surface area contributed by atoms with E-state index in [1.807, 2.05) is 12.5 Å². The zero-order chi connectivity index (χ0) is 11.8. The summed E-state index contributed by atoms with van der Waals surface area (Å²) in [5.74, 6) is 2.81. The number of aryl methyl sites for hydroxylation is 1. The Morgan fingerprint density at radius 3 is 2.88 bits per heavy atom. The maximum Gasteiger partial charge on any atom is 0.0946 e. The van der Waals surface area contributed by atoms with Crippen molar-refractivity contribution < 1.29 is 0 Å². The number of fused-ring (bicyclic) bond motifs is 2. The summed E-state index contributed by atoms with van der Waals surface area (Å²) in [6.45, 7) is 3.25. The van der Waals surface area contributed by atoms with E-state index >= 15 is 0 Å². The number of imidazole rings is 1. The zero-order valence-electron chi connectivity index (χ0n) is 10.9. The molecule has 3 nitrogen and oxygen atoms in total. The van der Waals surface area contributed by atoms with E-state index in [2.05, 4.69) is 28.8 Å². The summed E-state index contributed by atoms with van der Waals surface area (Å²) in [7, 11) is 2.11. The third-order valence-corrected chi connectivity index (χ3v) is 4.82. The second-order valence-corrected chi connectivity index (χ2v) is 5.80. The van der Waals surface area contributed by atoms with Crippen LogP contribution in [0, 0.1) is 17.8 Å². The Kier molecular flexibility index (Phi) is 2.95. The lowest BCUT2D eigenvalue weighted by Crippen LogP contribution is -2.32. The fourth-order valence-corrected chi connectivity index (χ4v) is 4.06. The molecule has 0 aromatic carbocycles. The van der Waals surface area contributed by atoms with Gasteiger partial charge in [-0.1, -0.05) is 13.3 Å². The van der Waals surface area contributed by atoms with Crippen LogP contribution < -0.4 is 5.32 Å². The van der Waals surface area contributed by atoms with Crippen LogP contribution in [0.2, 0.25) is 0 Å². The summed E-state index contributed by atoms with van der Waals surface area (Å²) in [6.07, 6.45) is 9.80. The molecule has 0 amide bonds. The number of aromatic nitrogens is 2. The molecule has 2 bridgehead atoms. The minimum absolute atomic E-state index is 0.516. The lowest BCUT2D eigenvalue weighted by molar-refractivity contribution is 0.246. The third kappa shape index (κ3) is 1.90. The minimum Gasteiger partial charge on any atom is -0.336 e. The molecule has 4 unspecified atom stereocenters. The SMILES string of the molecule is CCNC(c1cncn1C)C1CC2CCC1C2. The molecule has 2 fully saturated rings. The first kappa shape index (κ1) is 11.3. The molecule has 1 N–H and O–H groups in total. The van der Waals surface area contributed by atoms with Gasteiger partial charge in [-0.25, -0.2) is 4.98 Å². The molecule has 2 saturated carbocycles. The van der Waals surface area contributed by atoms with E-state index in [9.17, 15) is 0 Å². The van der Waals surface area contributed by atoms with E-state index in [0.29, 0.717) is 6.04 Å². The third-order valence-electron chi connectivity index (χ3n) is 4.82. The molecule has 1 aromatic rings. The Morgan fingerprint density at radius 1 is 1.47 bits per heavy atom. The van der Waals surface area contributed by atoms with Crippen LogP contribution in [0.1, 0.15) is 44.3 Å². The highest BCUT2D eigenvalue weighted by Crippen LogP contribution is 2.52.